The predicted molar refractivity (Wildman–Crippen MR) is 19.5 cm³/mol. The second-order valence-electron chi connectivity index (χ2n) is 0.630. The molecule has 34 valence electrons. The van der Waals surface area contributed by atoms with Crippen LogP contribution in [-0.4, -0.2) is 10.5 Å². The van der Waals surface area contributed by atoms with E-state index in [9.17, 15) is 5.21 Å². The maximum Gasteiger partial charge on any atom is 0.393 e. The van der Waals surface area contributed by atoms with E-state index in [0.29, 0.717) is 16.4 Å². The topological polar surface area (TPSA) is 44.5 Å². The first-order valence-electron chi connectivity index (χ1n) is 1.19. The van der Waals surface area contributed by atoms with Gasteiger partial charge in [-0.25, -0.2) is 0 Å². The Balaban J connectivity index is 2.45. The molecule has 0 saturated carbocycles. The standard InChI is InChI=1S/CHNO3S/c3-2-1-4-5-6-2/h1H. The molecule has 6 heavy (non-hydrogen) atoms. The minimum absolute atomic E-state index is 0.458. The Labute approximate surface area is 38.2 Å². The quantitative estimate of drug-likeness (QED) is 0.144. The molecule has 0 N–H and O–H groups in total. The van der Waals surface area contributed by atoms with E-state index < -0.39 is 0 Å². The van der Waals surface area contributed by atoms with Crippen LogP contribution in [0.4, 0.5) is 0 Å². The Hall–Kier alpha value is -0.420. The van der Waals surface area contributed by atoms with Crippen molar-refractivity contribution < 1.29 is 13.4 Å². The second kappa shape index (κ2) is 1.36. The van der Waals surface area contributed by atoms with Gasteiger partial charge < -0.3 is 5.21 Å². The molecule has 0 spiro atoms. The summed E-state index contributed by atoms with van der Waals surface area (Å²) in [5, 5.41) is 9.82. The van der Waals surface area contributed by atoms with E-state index in [-0.39, 0.29) is 0 Å². The lowest BCUT2D eigenvalue weighted by Crippen LogP contribution is -1.81. The molecule has 0 unspecified atom stereocenters. The predicted octanol–water partition coefficient (Wildman–Crippen LogP) is 0.0500. The molecule has 0 aromatic heterocycles. The summed E-state index contributed by atoms with van der Waals surface area (Å²) in [4.78, 5) is 4.01. The van der Waals surface area contributed by atoms with Gasteiger partial charge in [0, 0.05) is 0 Å². The van der Waals surface area contributed by atoms with Crippen molar-refractivity contribution in [3.63, 3.8) is 0 Å². The van der Waals surface area contributed by atoms with Gasteiger partial charge in [0.25, 0.3) is 0 Å². The van der Waals surface area contributed by atoms with Crippen molar-refractivity contribution >= 4 is 18.6 Å². The molecule has 0 aromatic carbocycles. The molecule has 5 heteroatoms. The third-order valence-electron chi connectivity index (χ3n) is 0.272. The molecular weight excluding hydrogens is 106 g/mol. The summed E-state index contributed by atoms with van der Waals surface area (Å²) in [6, 6.07) is 0. The van der Waals surface area contributed by atoms with Crippen LogP contribution in [-0.2, 0) is 9.22 Å². The highest BCUT2D eigenvalue weighted by molar-refractivity contribution is 7.88. The van der Waals surface area contributed by atoms with E-state index in [0.717, 1.165) is 6.40 Å². The van der Waals surface area contributed by atoms with Crippen LogP contribution < -0.4 is 0 Å². The van der Waals surface area contributed by atoms with Crippen LogP contribution >= 0.6 is 12.2 Å². The highest BCUT2D eigenvalue weighted by Crippen LogP contribution is 2.06. The van der Waals surface area contributed by atoms with Crippen LogP contribution in [0.2, 0.25) is 0 Å². The normalized spacial score (nSPS) is 19.7. The average Bonchev–Trinajstić information content (AvgIpc) is 1.86. The highest BCUT2D eigenvalue weighted by atomic mass is 32.2. The fourth-order valence-electron chi connectivity index (χ4n) is 0.118. The number of rotatable bonds is 0. The summed E-state index contributed by atoms with van der Waals surface area (Å²) < 4.78 is 4.49. The first-order chi connectivity index (χ1) is 2.89. The van der Waals surface area contributed by atoms with Crippen molar-refractivity contribution in [3.05, 3.63) is 5.21 Å². The van der Waals surface area contributed by atoms with Crippen molar-refractivity contribution in [2.24, 2.45) is 0 Å². The van der Waals surface area contributed by atoms with Gasteiger partial charge in [0.2, 0.25) is 0 Å². The molecule has 1 aliphatic heterocycles. The van der Waals surface area contributed by atoms with E-state index in [1.807, 2.05) is 0 Å². The fraction of sp³-hybridized carbons (Fsp3) is 0. The monoisotopic (exact) mass is 107 g/mol. The molecule has 0 aliphatic carbocycles. The van der Waals surface area contributed by atoms with Crippen LogP contribution in [0.1, 0.15) is 0 Å². The summed E-state index contributed by atoms with van der Waals surface area (Å²) in [5.41, 5.74) is 0. The lowest BCUT2D eigenvalue weighted by atomic mass is 11.5. The molecule has 1 rings (SSSR count). The van der Waals surface area contributed by atoms with E-state index in [4.69, 9.17) is 0 Å². The summed E-state index contributed by atoms with van der Waals surface area (Å²) in [7, 11) is 0. The van der Waals surface area contributed by atoms with E-state index >= 15 is 0 Å². The van der Waals surface area contributed by atoms with Crippen LogP contribution in [0.3, 0.4) is 0 Å². The van der Waals surface area contributed by atoms with Gasteiger partial charge in [0.05, 0.1) is 0 Å². The molecule has 0 radical (unpaired) electrons. The van der Waals surface area contributed by atoms with Crippen LogP contribution in [0, 0.1) is 5.21 Å². The fourth-order valence-corrected chi connectivity index (χ4v) is 0.318. The van der Waals surface area contributed by atoms with Gasteiger partial charge in [0.1, 0.15) is 0 Å². The molecule has 0 fully saturated rings. The van der Waals surface area contributed by atoms with Crippen molar-refractivity contribution in [2.75, 3.05) is 0 Å². The Kier molecular flexibility index (Phi) is 0.849. The summed E-state index contributed by atoms with van der Waals surface area (Å²) in [5.74, 6) is 0. The Morgan fingerprint density at radius 3 is 2.83 bits per heavy atom. The molecule has 1 heterocycles. The minimum Gasteiger partial charge on any atom is -0.607 e. The van der Waals surface area contributed by atoms with Gasteiger partial charge in [-0.3, -0.25) is 4.89 Å². The van der Waals surface area contributed by atoms with Crippen molar-refractivity contribution in [3.8, 4) is 0 Å². The van der Waals surface area contributed by atoms with Gasteiger partial charge in [0.15, 0.2) is 0 Å². The molecule has 0 atom stereocenters. The third kappa shape index (κ3) is 0.550. The number of hydrogen-bond donors (Lipinski definition) is 0. The average molecular weight is 107 g/mol. The van der Waals surface area contributed by atoms with Crippen molar-refractivity contribution in [2.45, 2.75) is 0 Å². The van der Waals surface area contributed by atoms with E-state index in [1.165, 1.54) is 0 Å². The van der Waals surface area contributed by atoms with Crippen molar-refractivity contribution in [1.29, 1.82) is 0 Å². The zero-order valence-corrected chi connectivity index (χ0v) is 3.47. The molecule has 4 nitrogen and oxygen atoms in total. The zero-order chi connectivity index (χ0) is 4.41. The van der Waals surface area contributed by atoms with Crippen LogP contribution in [0.15, 0.2) is 0 Å². The molecule has 0 saturated heterocycles. The lowest BCUT2D eigenvalue weighted by Gasteiger charge is -1.78. The second-order valence-corrected chi connectivity index (χ2v) is 1.27. The lowest BCUT2D eigenvalue weighted by molar-refractivity contribution is -0.254. The van der Waals surface area contributed by atoms with Gasteiger partial charge in [-0.15, -0.1) is 0 Å². The molecule has 0 amide bonds. The van der Waals surface area contributed by atoms with Gasteiger partial charge >= 0.3 is 18.6 Å². The van der Waals surface area contributed by atoms with Crippen molar-refractivity contribution in [1.82, 2.24) is 0 Å². The maximum atomic E-state index is 9.82. The maximum absolute atomic E-state index is 9.82. The molecule has 0 bridgehead atoms. The first-order valence-corrected chi connectivity index (χ1v) is 1.89. The molecular formula is CHNO3S. The SMILES string of the molecule is [O-][N+]1=COOS1. The largest absolute Gasteiger partial charge is 0.607 e. The minimum atomic E-state index is 0.458. The van der Waals surface area contributed by atoms with E-state index in [2.05, 4.69) is 9.22 Å². The summed E-state index contributed by atoms with van der Waals surface area (Å²) >= 11 is 0.597. The number of hydrogen-bond acceptors (Lipinski definition) is 4. The highest BCUT2D eigenvalue weighted by Gasteiger charge is 2.07. The third-order valence-corrected chi connectivity index (χ3v) is 0.645. The Morgan fingerprint density at radius 1 is 1.83 bits per heavy atom. The van der Waals surface area contributed by atoms with E-state index in [1.54, 1.807) is 0 Å². The molecule has 0 aromatic rings. The first kappa shape index (κ1) is 3.76. The Bertz CT molecular complexity index is 80.9. The molecule has 1 aliphatic rings. The van der Waals surface area contributed by atoms with Crippen LogP contribution in [0.5, 0.6) is 0 Å². The van der Waals surface area contributed by atoms with Gasteiger partial charge in [-0.2, -0.15) is 0 Å². The van der Waals surface area contributed by atoms with Gasteiger partial charge in [-0.1, -0.05) is 4.14 Å². The smallest absolute Gasteiger partial charge is 0.393 e. The zero-order valence-electron chi connectivity index (χ0n) is 2.66. The Morgan fingerprint density at radius 2 is 2.67 bits per heavy atom. The van der Waals surface area contributed by atoms with Crippen LogP contribution in [0.25, 0.3) is 0 Å². The number of nitrogens with zero attached hydrogens (tertiary/aromatic N) is 1. The summed E-state index contributed by atoms with van der Waals surface area (Å²) in [6.45, 7) is 0. The summed E-state index contributed by atoms with van der Waals surface area (Å²) in [6.07, 6.45) is 0.921. The van der Waals surface area contributed by atoms with Gasteiger partial charge in [-0.05, 0) is 4.33 Å².